The molecule has 1 saturated heterocycles. The highest BCUT2D eigenvalue weighted by Crippen LogP contribution is 2.24. The first-order valence-electron chi connectivity index (χ1n) is 10.7. The van der Waals surface area contributed by atoms with Crippen molar-refractivity contribution in [1.82, 2.24) is 15.5 Å². The van der Waals surface area contributed by atoms with Crippen molar-refractivity contribution < 1.29 is 9.15 Å². The number of nitrogens with one attached hydrogen (secondary N) is 2. The number of benzene rings is 1. The van der Waals surface area contributed by atoms with E-state index in [0.717, 1.165) is 44.4 Å². The number of likely N-dealkylation sites (tertiary alicyclic amines) is 1. The highest BCUT2D eigenvalue weighted by Gasteiger charge is 2.25. The fourth-order valence-corrected chi connectivity index (χ4v) is 3.73. The summed E-state index contributed by atoms with van der Waals surface area (Å²) in [5.74, 6) is 1.80. The van der Waals surface area contributed by atoms with Crippen molar-refractivity contribution in [3.63, 3.8) is 0 Å². The van der Waals surface area contributed by atoms with Gasteiger partial charge >= 0.3 is 0 Å². The Labute approximate surface area is 197 Å². The molecular formula is C23H35IN4O2. The molecule has 0 amide bonds. The first-order chi connectivity index (χ1) is 14.3. The van der Waals surface area contributed by atoms with Crippen LogP contribution in [0.3, 0.4) is 0 Å². The third-order valence-corrected chi connectivity index (χ3v) is 5.31. The molecular weight excluding hydrogens is 491 g/mol. The van der Waals surface area contributed by atoms with Crippen LogP contribution < -0.4 is 10.6 Å². The Kier molecular flexibility index (Phi) is 11.2. The maximum Gasteiger partial charge on any atom is 0.191 e. The van der Waals surface area contributed by atoms with Crippen LogP contribution in [0.15, 0.2) is 52.1 Å². The standard InChI is InChI=1S/C23H34N4O2.HI/c1-3-14-28-18-20-10-5-4-9-19(20)16-25-23(24-2)26-17-21(22-11-8-15-29-22)27-12-6-7-13-27;/h4-5,8-11,15,21H,3,6-7,12-14,16-18H2,1-2H3,(H2,24,25,26);1H. The van der Waals surface area contributed by atoms with Crippen LogP contribution in [0.5, 0.6) is 0 Å². The highest BCUT2D eigenvalue weighted by atomic mass is 127. The number of rotatable bonds is 10. The lowest BCUT2D eigenvalue weighted by Gasteiger charge is -2.26. The van der Waals surface area contributed by atoms with Gasteiger partial charge in [0.25, 0.3) is 0 Å². The van der Waals surface area contributed by atoms with E-state index < -0.39 is 0 Å². The average molecular weight is 526 g/mol. The predicted octanol–water partition coefficient (Wildman–Crippen LogP) is 4.33. The van der Waals surface area contributed by atoms with E-state index in [1.165, 1.54) is 24.0 Å². The van der Waals surface area contributed by atoms with Gasteiger partial charge in [-0.25, -0.2) is 0 Å². The zero-order valence-corrected chi connectivity index (χ0v) is 20.4. The van der Waals surface area contributed by atoms with E-state index in [-0.39, 0.29) is 30.0 Å². The van der Waals surface area contributed by atoms with E-state index in [2.05, 4.69) is 57.8 Å². The lowest BCUT2D eigenvalue weighted by Crippen LogP contribution is -2.42. The zero-order valence-electron chi connectivity index (χ0n) is 18.1. The Hall–Kier alpha value is -1.58. The average Bonchev–Trinajstić information content (AvgIpc) is 3.46. The van der Waals surface area contributed by atoms with Crippen LogP contribution in [0.1, 0.15) is 49.1 Å². The Bertz CT molecular complexity index is 745. The molecule has 0 aliphatic carbocycles. The lowest BCUT2D eigenvalue weighted by atomic mass is 10.1. The summed E-state index contributed by atoms with van der Waals surface area (Å²) in [6.45, 7) is 7.26. The van der Waals surface area contributed by atoms with Gasteiger partial charge in [-0.15, -0.1) is 24.0 Å². The molecule has 0 bridgehead atoms. The summed E-state index contributed by atoms with van der Waals surface area (Å²) in [5, 5.41) is 6.92. The number of hydrogen-bond acceptors (Lipinski definition) is 4. The van der Waals surface area contributed by atoms with Gasteiger partial charge in [0.2, 0.25) is 0 Å². The van der Waals surface area contributed by atoms with Crippen LogP contribution in [-0.2, 0) is 17.9 Å². The fourth-order valence-electron chi connectivity index (χ4n) is 3.73. The van der Waals surface area contributed by atoms with Gasteiger partial charge in [-0.3, -0.25) is 9.89 Å². The van der Waals surface area contributed by atoms with Gasteiger partial charge in [0.1, 0.15) is 5.76 Å². The van der Waals surface area contributed by atoms with Crippen molar-refractivity contribution in [3.05, 3.63) is 59.5 Å². The highest BCUT2D eigenvalue weighted by molar-refractivity contribution is 14.0. The summed E-state index contributed by atoms with van der Waals surface area (Å²) in [6, 6.07) is 12.6. The van der Waals surface area contributed by atoms with Crippen LogP contribution in [0.2, 0.25) is 0 Å². The summed E-state index contributed by atoms with van der Waals surface area (Å²) in [5.41, 5.74) is 2.45. The Morgan fingerprint density at radius 3 is 2.57 bits per heavy atom. The molecule has 2 aromatic rings. The summed E-state index contributed by atoms with van der Waals surface area (Å²) >= 11 is 0. The Balaban J connectivity index is 0.00000320. The van der Waals surface area contributed by atoms with Crippen LogP contribution in [0, 0.1) is 0 Å². The number of guanidine groups is 1. The van der Waals surface area contributed by atoms with Crippen molar-refractivity contribution in [2.24, 2.45) is 4.99 Å². The second-order valence-corrected chi connectivity index (χ2v) is 7.40. The van der Waals surface area contributed by atoms with Crippen molar-refractivity contribution in [2.45, 2.75) is 45.4 Å². The molecule has 1 aromatic carbocycles. The third kappa shape index (κ3) is 7.28. The second kappa shape index (κ2) is 13.7. The van der Waals surface area contributed by atoms with E-state index in [0.29, 0.717) is 13.2 Å². The van der Waals surface area contributed by atoms with Gasteiger partial charge in [0.15, 0.2) is 5.96 Å². The smallest absolute Gasteiger partial charge is 0.191 e. The van der Waals surface area contributed by atoms with Gasteiger partial charge in [-0.1, -0.05) is 31.2 Å². The Morgan fingerprint density at radius 2 is 1.90 bits per heavy atom. The van der Waals surface area contributed by atoms with Crippen molar-refractivity contribution >= 4 is 29.9 Å². The molecule has 1 aromatic heterocycles. The van der Waals surface area contributed by atoms with Crippen LogP contribution in [-0.4, -0.2) is 44.1 Å². The second-order valence-electron chi connectivity index (χ2n) is 7.40. The topological polar surface area (TPSA) is 62.0 Å². The van der Waals surface area contributed by atoms with Crippen LogP contribution in [0.4, 0.5) is 0 Å². The van der Waals surface area contributed by atoms with E-state index in [9.17, 15) is 0 Å². The van der Waals surface area contributed by atoms with Gasteiger partial charge in [-0.2, -0.15) is 0 Å². The number of aliphatic imine (C=N–C) groups is 1. The van der Waals surface area contributed by atoms with E-state index in [1.54, 1.807) is 6.26 Å². The van der Waals surface area contributed by atoms with Crippen LogP contribution >= 0.6 is 24.0 Å². The van der Waals surface area contributed by atoms with Gasteiger partial charge in [0.05, 0.1) is 18.9 Å². The maximum atomic E-state index is 5.73. The molecule has 1 fully saturated rings. The Morgan fingerprint density at radius 1 is 1.13 bits per heavy atom. The van der Waals surface area contributed by atoms with Crippen molar-refractivity contribution in [3.8, 4) is 0 Å². The number of furan rings is 1. The third-order valence-electron chi connectivity index (χ3n) is 5.31. The minimum atomic E-state index is 0. The number of nitrogens with zero attached hydrogens (tertiary/aromatic N) is 2. The first-order valence-corrected chi connectivity index (χ1v) is 10.7. The maximum absolute atomic E-state index is 5.73. The molecule has 0 spiro atoms. The monoisotopic (exact) mass is 526 g/mol. The first kappa shape index (κ1) is 24.7. The molecule has 0 radical (unpaired) electrons. The molecule has 1 unspecified atom stereocenters. The summed E-state index contributed by atoms with van der Waals surface area (Å²) in [4.78, 5) is 6.89. The SMILES string of the molecule is CCCOCc1ccccc1CNC(=NC)NCC(c1ccco1)N1CCCC1.I. The molecule has 0 saturated carbocycles. The minimum absolute atomic E-state index is 0. The summed E-state index contributed by atoms with van der Waals surface area (Å²) in [7, 11) is 1.81. The van der Waals surface area contributed by atoms with Crippen LogP contribution in [0.25, 0.3) is 0 Å². The molecule has 1 aliphatic rings. The van der Waals surface area contributed by atoms with Gasteiger partial charge in [-0.05, 0) is 55.6 Å². The molecule has 166 valence electrons. The molecule has 7 heteroatoms. The molecule has 6 nitrogen and oxygen atoms in total. The predicted molar refractivity (Wildman–Crippen MR) is 132 cm³/mol. The molecule has 2 N–H and O–H groups in total. The summed E-state index contributed by atoms with van der Waals surface area (Å²) < 4.78 is 11.4. The molecule has 30 heavy (non-hydrogen) atoms. The number of hydrogen-bond donors (Lipinski definition) is 2. The van der Waals surface area contributed by atoms with Gasteiger partial charge in [0, 0.05) is 26.7 Å². The molecule has 3 rings (SSSR count). The normalized spacial score (nSPS) is 15.6. The molecule has 2 heterocycles. The molecule has 1 aliphatic heterocycles. The number of ether oxygens (including phenoxy) is 1. The van der Waals surface area contributed by atoms with Gasteiger partial charge < -0.3 is 19.8 Å². The van der Waals surface area contributed by atoms with Crippen molar-refractivity contribution in [1.29, 1.82) is 0 Å². The minimum Gasteiger partial charge on any atom is -0.468 e. The largest absolute Gasteiger partial charge is 0.468 e. The number of halogens is 1. The van der Waals surface area contributed by atoms with E-state index >= 15 is 0 Å². The van der Waals surface area contributed by atoms with E-state index in [4.69, 9.17) is 9.15 Å². The zero-order chi connectivity index (χ0) is 20.3. The lowest BCUT2D eigenvalue weighted by molar-refractivity contribution is 0.121. The summed E-state index contributed by atoms with van der Waals surface area (Å²) in [6.07, 6.45) is 5.29. The quantitative estimate of drug-likeness (QED) is 0.209. The van der Waals surface area contributed by atoms with E-state index in [1.807, 2.05) is 13.1 Å². The molecule has 1 atom stereocenters. The fraction of sp³-hybridized carbons (Fsp3) is 0.522. The van der Waals surface area contributed by atoms with Crippen molar-refractivity contribution in [2.75, 3.05) is 33.3 Å².